The zero-order valence-electron chi connectivity index (χ0n) is 12.7. The van der Waals surface area contributed by atoms with Crippen molar-refractivity contribution in [3.63, 3.8) is 0 Å². The van der Waals surface area contributed by atoms with E-state index in [1.807, 2.05) is 6.92 Å². The normalized spacial score (nSPS) is 26.8. The lowest BCUT2D eigenvalue weighted by atomic mass is 9.87. The third kappa shape index (κ3) is 4.28. The summed E-state index contributed by atoms with van der Waals surface area (Å²) in [6, 6.07) is -0.898. The van der Waals surface area contributed by atoms with Gasteiger partial charge in [-0.3, -0.25) is 4.90 Å². The van der Waals surface area contributed by atoms with Crippen LogP contribution in [0.4, 0.5) is 4.79 Å². The van der Waals surface area contributed by atoms with Crippen LogP contribution in [0.3, 0.4) is 0 Å². The molecule has 2 N–H and O–H groups in total. The van der Waals surface area contributed by atoms with Gasteiger partial charge in [0.1, 0.15) is 6.04 Å². The van der Waals surface area contributed by atoms with E-state index in [0.717, 1.165) is 18.8 Å². The van der Waals surface area contributed by atoms with Crippen LogP contribution in [0, 0.1) is 5.92 Å². The Kier molecular flexibility index (Phi) is 6.21. The summed E-state index contributed by atoms with van der Waals surface area (Å²) in [5, 5.41) is 12.2. The van der Waals surface area contributed by atoms with Gasteiger partial charge in [0.15, 0.2) is 0 Å². The number of amides is 2. The average molecular weight is 314 g/mol. The maximum Gasteiger partial charge on any atom is 0.327 e. The van der Waals surface area contributed by atoms with Crippen molar-refractivity contribution in [1.29, 1.82) is 0 Å². The average Bonchev–Trinajstić information content (AvgIpc) is 2.92. The van der Waals surface area contributed by atoms with E-state index in [2.05, 4.69) is 5.32 Å². The van der Waals surface area contributed by atoms with Gasteiger partial charge in [0.25, 0.3) is 0 Å². The maximum atomic E-state index is 12.3. The molecule has 1 aliphatic carbocycles. The highest BCUT2D eigenvalue weighted by atomic mass is 32.2. The fraction of sp³-hybridized carbons (Fsp3) is 0.867. The van der Waals surface area contributed by atoms with Crippen LogP contribution in [0.5, 0.6) is 0 Å². The van der Waals surface area contributed by atoms with Gasteiger partial charge in [0, 0.05) is 12.3 Å². The summed E-state index contributed by atoms with van der Waals surface area (Å²) in [4.78, 5) is 25.1. The molecule has 1 saturated carbocycles. The minimum atomic E-state index is -0.902. The van der Waals surface area contributed by atoms with Crippen LogP contribution in [-0.4, -0.2) is 45.7 Å². The van der Waals surface area contributed by atoms with Crippen molar-refractivity contribution in [2.75, 3.05) is 12.3 Å². The number of carboxylic acid groups (broad SMARTS) is 1. The van der Waals surface area contributed by atoms with Gasteiger partial charge in [-0.25, -0.2) is 9.59 Å². The SMILES string of the molecule is CCC1SCC(C(=O)O)N1C(=O)NCCC1CCCCC1. The molecule has 1 heterocycles. The molecule has 0 bridgehead atoms. The zero-order chi connectivity index (χ0) is 15.2. The van der Waals surface area contributed by atoms with Crippen LogP contribution in [0.1, 0.15) is 51.9 Å². The summed E-state index contributed by atoms with van der Waals surface area (Å²) < 4.78 is 0. The Morgan fingerprint density at radius 2 is 2.00 bits per heavy atom. The molecule has 21 heavy (non-hydrogen) atoms. The van der Waals surface area contributed by atoms with E-state index in [1.54, 1.807) is 11.8 Å². The lowest BCUT2D eigenvalue weighted by Gasteiger charge is -2.27. The van der Waals surface area contributed by atoms with Crippen molar-refractivity contribution in [2.45, 2.75) is 63.3 Å². The van der Waals surface area contributed by atoms with Gasteiger partial charge in [-0.15, -0.1) is 11.8 Å². The van der Waals surface area contributed by atoms with E-state index in [0.29, 0.717) is 12.3 Å². The molecule has 2 fully saturated rings. The summed E-state index contributed by atoms with van der Waals surface area (Å²) in [7, 11) is 0. The van der Waals surface area contributed by atoms with Gasteiger partial charge >= 0.3 is 12.0 Å². The second-order valence-electron chi connectivity index (χ2n) is 5.98. The Bertz CT molecular complexity index is 372. The van der Waals surface area contributed by atoms with Crippen LogP contribution in [0.25, 0.3) is 0 Å². The number of urea groups is 1. The molecule has 6 heteroatoms. The van der Waals surface area contributed by atoms with E-state index in [9.17, 15) is 14.7 Å². The number of thioether (sulfide) groups is 1. The van der Waals surface area contributed by atoms with Gasteiger partial charge < -0.3 is 10.4 Å². The monoisotopic (exact) mass is 314 g/mol. The maximum absolute atomic E-state index is 12.3. The molecule has 2 rings (SSSR count). The fourth-order valence-corrected chi connectivity index (χ4v) is 4.64. The smallest absolute Gasteiger partial charge is 0.327 e. The Labute approximate surface area is 130 Å². The molecule has 120 valence electrons. The molecule has 0 aromatic carbocycles. The topological polar surface area (TPSA) is 69.6 Å². The Balaban J connectivity index is 1.81. The molecular formula is C15H26N2O3S. The quantitative estimate of drug-likeness (QED) is 0.818. The molecule has 2 aliphatic rings. The number of nitrogens with zero attached hydrogens (tertiary/aromatic N) is 1. The van der Waals surface area contributed by atoms with E-state index >= 15 is 0 Å². The van der Waals surface area contributed by atoms with E-state index in [1.165, 1.54) is 37.0 Å². The second-order valence-corrected chi connectivity index (χ2v) is 7.19. The van der Waals surface area contributed by atoms with Crippen LogP contribution >= 0.6 is 11.8 Å². The van der Waals surface area contributed by atoms with Crippen molar-refractivity contribution >= 4 is 23.8 Å². The van der Waals surface area contributed by atoms with Gasteiger partial charge in [-0.05, 0) is 18.8 Å². The Hall–Kier alpha value is -0.910. The third-order valence-corrected chi connectivity index (χ3v) is 5.97. The largest absolute Gasteiger partial charge is 0.480 e. The summed E-state index contributed by atoms with van der Waals surface area (Å²) in [5.74, 6) is 0.314. The van der Waals surface area contributed by atoms with Crippen LogP contribution in [0.15, 0.2) is 0 Å². The number of carbonyl (C=O) groups excluding carboxylic acids is 1. The standard InChI is InChI=1S/C15H26N2O3S/c1-2-13-17(12(10-21-13)14(18)19)15(20)16-9-8-11-6-4-3-5-7-11/h11-13H,2-10H2,1H3,(H,16,20)(H,18,19). The summed E-state index contributed by atoms with van der Waals surface area (Å²) >= 11 is 1.56. The molecule has 0 aromatic rings. The number of hydrogen-bond donors (Lipinski definition) is 2. The summed E-state index contributed by atoms with van der Waals surface area (Å²) in [6.07, 6.45) is 8.29. The molecule has 0 aromatic heterocycles. The number of nitrogens with one attached hydrogen (secondary N) is 1. The number of carboxylic acids is 1. The summed E-state index contributed by atoms with van der Waals surface area (Å²) in [6.45, 7) is 2.65. The van der Waals surface area contributed by atoms with Crippen molar-refractivity contribution in [3.05, 3.63) is 0 Å². The van der Waals surface area contributed by atoms with Crippen molar-refractivity contribution in [1.82, 2.24) is 10.2 Å². The first-order valence-electron chi connectivity index (χ1n) is 8.04. The predicted molar refractivity (Wildman–Crippen MR) is 84.4 cm³/mol. The molecule has 1 aliphatic heterocycles. The van der Waals surface area contributed by atoms with Crippen molar-refractivity contribution in [3.8, 4) is 0 Å². The molecule has 2 atom stereocenters. The molecule has 0 spiro atoms. The molecule has 1 saturated heterocycles. The Morgan fingerprint density at radius 1 is 1.29 bits per heavy atom. The lowest BCUT2D eigenvalue weighted by molar-refractivity contribution is -0.141. The minimum absolute atomic E-state index is 0.0132. The first kappa shape index (κ1) is 16.5. The molecule has 2 amide bonds. The van der Waals surface area contributed by atoms with Crippen LogP contribution < -0.4 is 5.32 Å². The number of carbonyl (C=O) groups is 2. The molecule has 2 unspecified atom stereocenters. The van der Waals surface area contributed by atoms with Gasteiger partial charge in [-0.1, -0.05) is 39.0 Å². The highest BCUT2D eigenvalue weighted by Crippen LogP contribution is 2.31. The zero-order valence-corrected chi connectivity index (χ0v) is 13.5. The van der Waals surface area contributed by atoms with E-state index < -0.39 is 12.0 Å². The molecular weight excluding hydrogens is 288 g/mol. The first-order chi connectivity index (χ1) is 10.1. The molecule has 5 nitrogen and oxygen atoms in total. The number of rotatable bonds is 5. The van der Waals surface area contributed by atoms with Gasteiger partial charge in [0.2, 0.25) is 0 Å². The first-order valence-corrected chi connectivity index (χ1v) is 9.09. The Morgan fingerprint density at radius 3 is 2.62 bits per heavy atom. The number of aliphatic carboxylic acids is 1. The van der Waals surface area contributed by atoms with E-state index in [-0.39, 0.29) is 11.4 Å². The summed E-state index contributed by atoms with van der Waals surface area (Å²) in [5.41, 5.74) is 0. The highest BCUT2D eigenvalue weighted by molar-refractivity contribution is 8.00. The van der Waals surface area contributed by atoms with Gasteiger partial charge in [-0.2, -0.15) is 0 Å². The lowest BCUT2D eigenvalue weighted by Crippen LogP contribution is -2.50. The van der Waals surface area contributed by atoms with Crippen molar-refractivity contribution in [2.24, 2.45) is 5.92 Å². The minimum Gasteiger partial charge on any atom is -0.480 e. The highest BCUT2D eigenvalue weighted by Gasteiger charge is 2.40. The fourth-order valence-electron chi connectivity index (χ4n) is 3.29. The van der Waals surface area contributed by atoms with Crippen molar-refractivity contribution < 1.29 is 14.7 Å². The second kappa shape index (κ2) is 7.92. The third-order valence-electron chi connectivity index (χ3n) is 4.51. The van der Waals surface area contributed by atoms with E-state index in [4.69, 9.17) is 0 Å². The molecule has 0 radical (unpaired) electrons. The van der Waals surface area contributed by atoms with Gasteiger partial charge in [0.05, 0.1) is 5.37 Å². The van der Waals surface area contributed by atoms with Crippen LogP contribution in [0.2, 0.25) is 0 Å². The number of hydrogen-bond acceptors (Lipinski definition) is 3. The predicted octanol–water partition coefficient (Wildman–Crippen LogP) is 2.90. The van der Waals surface area contributed by atoms with Crippen LogP contribution in [-0.2, 0) is 4.79 Å².